The molecule has 1 aliphatic rings. The van der Waals surface area contributed by atoms with Crippen LogP contribution in [0.1, 0.15) is 17.9 Å². The molecule has 0 N–H and O–H groups in total. The number of rotatable bonds is 5. The molecule has 1 amide bonds. The summed E-state index contributed by atoms with van der Waals surface area (Å²) in [5, 5.41) is 0. The largest absolute Gasteiger partial charge is 0.441 e. The van der Waals surface area contributed by atoms with Gasteiger partial charge in [0, 0.05) is 50.3 Å². The molecular formula is C23H24FN3O2. The van der Waals surface area contributed by atoms with Crippen LogP contribution in [0.25, 0.3) is 11.3 Å². The average molecular weight is 393 g/mol. The van der Waals surface area contributed by atoms with Gasteiger partial charge in [-0.3, -0.25) is 4.79 Å². The molecule has 1 saturated heterocycles. The van der Waals surface area contributed by atoms with Crippen molar-refractivity contribution in [1.29, 1.82) is 0 Å². The molecule has 1 aromatic heterocycles. The van der Waals surface area contributed by atoms with E-state index in [2.05, 4.69) is 9.88 Å². The van der Waals surface area contributed by atoms with Crippen molar-refractivity contribution in [2.75, 3.05) is 31.1 Å². The van der Waals surface area contributed by atoms with Gasteiger partial charge in [-0.15, -0.1) is 0 Å². The molecule has 0 radical (unpaired) electrons. The van der Waals surface area contributed by atoms with Gasteiger partial charge in [0.15, 0.2) is 11.7 Å². The molecule has 0 saturated carbocycles. The summed E-state index contributed by atoms with van der Waals surface area (Å²) in [4.78, 5) is 20.9. The number of halogens is 1. The monoisotopic (exact) mass is 393 g/mol. The van der Waals surface area contributed by atoms with E-state index in [0.29, 0.717) is 31.8 Å². The van der Waals surface area contributed by atoms with Gasteiger partial charge >= 0.3 is 0 Å². The van der Waals surface area contributed by atoms with Gasteiger partial charge in [0.05, 0.1) is 6.20 Å². The maximum absolute atomic E-state index is 13.1. The first kappa shape index (κ1) is 19.2. The van der Waals surface area contributed by atoms with Gasteiger partial charge in [-0.1, -0.05) is 29.8 Å². The first-order valence-corrected chi connectivity index (χ1v) is 9.88. The van der Waals surface area contributed by atoms with Crippen LogP contribution in [-0.2, 0) is 11.2 Å². The Balaban J connectivity index is 1.27. The highest BCUT2D eigenvalue weighted by Gasteiger charge is 2.21. The third-order valence-corrected chi connectivity index (χ3v) is 5.27. The number of aromatic nitrogens is 1. The summed E-state index contributed by atoms with van der Waals surface area (Å²) >= 11 is 0. The van der Waals surface area contributed by atoms with Crippen LogP contribution in [-0.4, -0.2) is 42.0 Å². The van der Waals surface area contributed by atoms with E-state index >= 15 is 0 Å². The van der Waals surface area contributed by atoms with Crippen LogP contribution >= 0.6 is 0 Å². The van der Waals surface area contributed by atoms with Crippen LogP contribution in [0.5, 0.6) is 0 Å². The van der Waals surface area contributed by atoms with E-state index in [1.54, 1.807) is 18.3 Å². The lowest BCUT2D eigenvalue weighted by Gasteiger charge is -2.36. The van der Waals surface area contributed by atoms with Gasteiger partial charge in [-0.05, 0) is 31.2 Å². The number of carbonyl (C=O) groups excluding carboxylic acids is 1. The van der Waals surface area contributed by atoms with E-state index in [4.69, 9.17) is 4.42 Å². The highest BCUT2D eigenvalue weighted by molar-refractivity contribution is 5.76. The Morgan fingerprint density at radius 3 is 2.41 bits per heavy atom. The van der Waals surface area contributed by atoms with Crippen molar-refractivity contribution >= 4 is 11.6 Å². The Labute approximate surface area is 169 Å². The molecule has 0 atom stereocenters. The van der Waals surface area contributed by atoms with E-state index in [1.165, 1.54) is 17.7 Å². The summed E-state index contributed by atoms with van der Waals surface area (Å²) in [6, 6.07) is 14.6. The van der Waals surface area contributed by atoms with Crippen LogP contribution in [0.4, 0.5) is 10.1 Å². The van der Waals surface area contributed by atoms with Gasteiger partial charge in [0.1, 0.15) is 5.82 Å². The molecular weight excluding hydrogens is 369 g/mol. The summed E-state index contributed by atoms with van der Waals surface area (Å²) < 4.78 is 18.9. The van der Waals surface area contributed by atoms with Crippen LogP contribution in [0.3, 0.4) is 0 Å². The highest BCUT2D eigenvalue weighted by Crippen LogP contribution is 2.22. The van der Waals surface area contributed by atoms with Crippen molar-refractivity contribution in [2.24, 2.45) is 0 Å². The Bertz CT molecular complexity index is 959. The normalized spacial score (nSPS) is 14.3. The Morgan fingerprint density at radius 1 is 1.03 bits per heavy atom. The fourth-order valence-electron chi connectivity index (χ4n) is 3.52. The zero-order chi connectivity index (χ0) is 20.2. The zero-order valence-electron chi connectivity index (χ0n) is 16.5. The number of anilines is 1. The molecule has 6 heteroatoms. The quantitative estimate of drug-likeness (QED) is 0.656. The Morgan fingerprint density at radius 2 is 1.72 bits per heavy atom. The maximum atomic E-state index is 13.1. The summed E-state index contributed by atoms with van der Waals surface area (Å²) in [5.41, 5.74) is 3.16. The van der Waals surface area contributed by atoms with Gasteiger partial charge < -0.3 is 14.2 Å². The van der Waals surface area contributed by atoms with Crippen molar-refractivity contribution in [2.45, 2.75) is 19.8 Å². The minimum absolute atomic E-state index is 0.110. The van der Waals surface area contributed by atoms with Crippen LogP contribution < -0.4 is 4.90 Å². The lowest BCUT2D eigenvalue weighted by atomic mass is 10.1. The molecule has 2 heterocycles. The molecule has 150 valence electrons. The van der Waals surface area contributed by atoms with E-state index in [-0.39, 0.29) is 11.7 Å². The number of hydrogen-bond donors (Lipinski definition) is 0. The van der Waals surface area contributed by atoms with Gasteiger partial charge in [-0.25, -0.2) is 9.37 Å². The first-order chi connectivity index (χ1) is 14.1. The number of piperazine rings is 1. The van der Waals surface area contributed by atoms with Crippen LogP contribution in [0, 0.1) is 12.7 Å². The van der Waals surface area contributed by atoms with E-state index in [0.717, 1.165) is 30.1 Å². The van der Waals surface area contributed by atoms with Crippen molar-refractivity contribution in [3.05, 3.63) is 72.0 Å². The fourth-order valence-corrected chi connectivity index (χ4v) is 3.52. The number of amides is 1. The SMILES string of the molecule is Cc1ccc(-c2cnc(CCC(=O)N3CCN(c4ccc(F)cc4)CC3)o2)cc1. The van der Waals surface area contributed by atoms with Gasteiger partial charge in [0.25, 0.3) is 0 Å². The summed E-state index contributed by atoms with van der Waals surface area (Å²) in [5.74, 6) is 1.18. The highest BCUT2D eigenvalue weighted by atomic mass is 19.1. The second-order valence-corrected chi connectivity index (χ2v) is 7.33. The summed E-state index contributed by atoms with van der Waals surface area (Å²) in [6.07, 6.45) is 2.58. The molecule has 1 fully saturated rings. The molecule has 5 nitrogen and oxygen atoms in total. The fraction of sp³-hybridized carbons (Fsp3) is 0.304. The minimum atomic E-state index is -0.236. The molecule has 0 aliphatic carbocycles. The molecule has 3 aromatic rings. The Hall–Kier alpha value is -3.15. The van der Waals surface area contributed by atoms with Gasteiger partial charge in [0.2, 0.25) is 5.91 Å². The molecule has 2 aromatic carbocycles. The molecule has 1 aliphatic heterocycles. The zero-order valence-corrected chi connectivity index (χ0v) is 16.5. The van der Waals surface area contributed by atoms with Crippen LogP contribution in [0.15, 0.2) is 59.1 Å². The summed E-state index contributed by atoms with van der Waals surface area (Å²) in [7, 11) is 0. The van der Waals surface area contributed by atoms with Crippen molar-refractivity contribution < 1.29 is 13.6 Å². The average Bonchev–Trinajstić information content (AvgIpc) is 3.22. The van der Waals surface area contributed by atoms with Crippen molar-refractivity contribution in [1.82, 2.24) is 9.88 Å². The number of nitrogens with zero attached hydrogens (tertiary/aromatic N) is 3. The van der Waals surface area contributed by atoms with Crippen LogP contribution in [0.2, 0.25) is 0 Å². The van der Waals surface area contributed by atoms with E-state index in [1.807, 2.05) is 36.1 Å². The topological polar surface area (TPSA) is 49.6 Å². The predicted molar refractivity (Wildman–Crippen MR) is 110 cm³/mol. The molecule has 0 unspecified atom stereocenters. The number of aryl methyl sites for hydroxylation is 2. The predicted octanol–water partition coefficient (Wildman–Crippen LogP) is 4.07. The first-order valence-electron chi connectivity index (χ1n) is 9.88. The lowest BCUT2D eigenvalue weighted by molar-refractivity contribution is -0.131. The second-order valence-electron chi connectivity index (χ2n) is 7.33. The number of oxazole rings is 1. The van der Waals surface area contributed by atoms with Gasteiger partial charge in [-0.2, -0.15) is 0 Å². The third-order valence-electron chi connectivity index (χ3n) is 5.27. The standard InChI is InChI=1S/C23H24FN3O2/c1-17-2-4-18(5-3-17)21-16-25-22(29-21)10-11-23(28)27-14-12-26(13-15-27)20-8-6-19(24)7-9-20/h2-9,16H,10-15H2,1H3. The smallest absolute Gasteiger partial charge is 0.223 e. The summed E-state index contributed by atoms with van der Waals surface area (Å²) in [6.45, 7) is 4.86. The van der Waals surface area contributed by atoms with E-state index in [9.17, 15) is 9.18 Å². The van der Waals surface area contributed by atoms with Crippen molar-refractivity contribution in [3.8, 4) is 11.3 Å². The maximum Gasteiger partial charge on any atom is 0.223 e. The molecule has 4 rings (SSSR count). The lowest BCUT2D eigenvalue weighted by Crippen LogP contribution is -2.48. The molecule has 0 bridgehead atoms. The van der Waals surface area contributed by atoms with E-state index < -0.39 is 0 Å². The third kappa shape index (κ3) is 4.65. The Kier molecular flexibility index (Phi) is 5.60. The number of carbonyl (C=O) groups is 1. The number of benzene rings is 2. The second kappa shape index (κ2) is 8.47. The van der Waals surface area contributed by atoms with Crippen molar-refractivity contribution in [3.63, 3.8) is 0 Å². The minimum Gasteiger partial charge on any atom is -0.441 e. The molecule has 0 spiro atoms. The number of hydrogen-bond acceptors (Lipinski definition) is 4. The molecule has 29 heavy (non-hydrogen) atoms.